The second kappa shape index (κ2) is 7.24. The molecule has 1 aromatic heterocycles. The summed E-state index contributed by atoms with van der Waals surface area (Å²) in [6, 6.07) is 13.3. The molecule has 124 valence electrons. The Balaban J connectivity index is 2.08. The van der Waals surface area contributed by atoms with E-state index in [1.807, 2.05) is 30.3 Å². The molecule has 0 fully saturated rings. The van der Waals surface area contributed by atoms with Crippen molar-refractivity contribution in [1.29, 1.82) is 0 Å². The molecular weight excluding hydrogens is 343 g/mol. The summed E-state index contributed by atoms with van der Waals surface area (Å²) in [6.07, 6.45) is 0. The Kier molecular flexibility index (Phi) is 5.07. The fraction of sp³-hybridized carbons (Fsp3) is 0.222. The van der Waals surface area contributed by atoms with Gasteiger partial charge in [0.05, 0.1) is 16.2 Å². The summed E-state index contributed by atoms with van der Waals surface area (Å²) in [7, 11) is 0. The maximum absolute atomic E-state index is 6.24. The van der Waals surface area contributed by atoms with Crippen molar-refractivity contribution in [3.8, 4) is 0 Å². The molecule has 0 amide bonds. The van der Waals surface area contributed by atoms with Crippen LogP contribution in [0.3, 0.4) is 0 Å². The molecule has 0 bridgehead atoms. The lowest BCUT2D eigenvalue weighted by Gasteiger charge is -2.22. The van der Waals surface area contributed by atoms with Gasteiger partial charge in [-0.15, -0.1) is 0 Å². The standard InChI is InChI=1S/C18H18Cl2N4/c1-3-24(4-2)17-13-7-5-6-8-15(13)21-18(23-17)22-16-10-9-12(19)11-14(16)20/h5-11H,3-4H2,1-2H3,(H,21,22,23). The molecule has 1 heterocycles. The molecule has 3 rings (SSSR count). The maximum atomic E-state index is 6.24. The van der Waals surface area contributed by atoms with Crippen LogP contribution < -0.4 is 10.2 Å². The topological polar surface area (TPSA) is 41.1 Å². The SMILES string of the molecule is CCN(CC)c1nc(Nc2ccc(Cl)cc2Cl)nc2ccccc12. The molecule has 1 N–H and O–H groups in total. The van der Waals surface area contributed by atoms with Crippen molar-refractivity contribution < 1.29 is 0 Å². The predicted octanol–water partition coefficient (Wildman–Crippen LogP) is 5.53. The van der Waals surface area contributed by atoms with E-state index >= 15 is 0 Å². The van der Waals surface area contributed by atoms with E-state index in [0.717, 1.165) is 35.5 Å². The van der Waals surface area contributed by atoms with Gasteiger partial charge in [-0.25, -0.2) is 4.98 Å². The minimum Gasteiger partial charge on any atom is -0.356 e. The van der Waals surface area contributed by atoms with Crippen LogP contribution in [0.1, 0.15) is 13.8 Å². The Bertz CT molecular complexity index is 863. The highest BCUT2D eigenvalue weighted by Crippen LogP contribution is 2.30. The lowest BCUT2D eigenvalue weighted by molar-refractivity contribution is 0.850. The molecule has 0 aliphatic carbocycles. The number of nitrogens with one attached hydrogen (secondary N) is 1. The highest BCUT2D eigenvalue weighted by molar-refractivity contribution is 6.36. The molecule has 0 atom stereocenters. The molecule has 3 aromatic rings. The average Bonchev–Trinajstić information content (AvgIpc) is 2.58. The number of nitrogens with zero attached hydrogens (tertiary/aromatic N) is 3. The monoisotopic (exact) mass is 360 g/mol. The maximum Gasteiger partial charge on any atom is 0.229 e. The zero-order valence-electron chi connectivity index (χ0n) is 13.6. The molecule has 0 aliphatic rings. The Morgan fingerprint density at radius 2 is 1.75 bits per heavy atom. The number of hydrogen-bond donors (Lipinski definition) is 1. The summed E-state index contributed by atoms with van der Waals surface area (Å²) < 4.78 is 0. The first-order valence-electron chi connectivity index (χ1n) is 7.86. The number of anilines is 3. The van der Waals surface area contributed by atoms with Crippen LogP contribution in [0, 0.1) is 0 Å². The van der Waals surface area contributed by atoms with Crippen molar-refractivity contribution in [3.63, 3.8) is 0 Å². The van der Waals surface area contributed by atoms with Crippen LogP contribution in [-0.2, 0) is 0 Å². The van der Waals surface area contributed by atoms with Gasteiger partial charge in [-0.3, -0.25) is 0 Å². The Morgan fingerprint density at radius 3 is 2.46 bits per heavy atom. The molecule has 24 heavy (non-hydrogen) atoms. The summed E-state index contributed by atoms with van der Waals surface area (Å²) in [4.78, 5) is 11.5. The third-order valence-corrected chi connectivity index (χ3v) is 4.37. The summed E-state index contributed by atoms with van der Waals surface area (Å²) in [5.41, 5.74) is 1.61. The minimum absolute atomic E-state index is 0.514. The zero-order valence-corrected chi connectivity index (χ0v) is 15.1. The molecule has 0 spiro atoms. The van der Waals surface area contributed by atoms with E-state index in [0.29, 0.717) is 16.0 Å². The van der Waals surface area contributed by atoms with E-state index in [1.54, 1.807) is 12.1 Å². The van der Waals surface area contributed by atoms with Crippen LogP contribution in [-0.4, -0.2) is 23.1 Å². The van der Waals surface area contributed by atoms with Crippen molar-refractivity contribution in [2.75, 3.05) is 23.3 Å². The van der Waals surface area contributed by atoms with E-state index < -0.39 is 0 Å². The van der Waals surface area contributed by atoms with Gasteiger partial charge in [-0.1, -0.05) is 35.3 Å². The third-order valence-electron chi connectivity index (χ3n) is 3.82. The second-order valence-corrected chi connectivity index (χ2v) is 6.15. The molecule has 2 aromatic carbocycles. The number of aromatic nitrogens is 2. The first-order chi connectivity index (χ1) is 11.6. The Morgan fingerprint density at radius 1 is 1.00 bits per heavy atom. The fourth-order valence-electron chi connectivity index (χ4n) is 2.59. The van der Waals surface area contributed by atoms with Crippen LogP contribution in [0.2, 0.25) is 10.0 Å². The summed E-state index contributed by atoms with van der Waals surface area (Å²) >= 11 is 12.2. The van der Waals surface area contributed by atoms with Gasteiger partial charge in [0, 0.05) is 23.5 Å². The quantitative estimate of drug-likeness (QED) is 0.649. The molecule has 6 heteroatoms. The average molecular weight is 361 g/mol. The molecule has 4 nitrogen and oxygen atoms in total. The first kappa shape index (κ1) is 16.8. The highest BCUT2D eigenvalue weighted by Gasteiger charge is 2.13. The van der Waals surface area contributed by atoms with Gasteiger partial charge >= 0.3 is 0 Å². The molecule has 0 unspecified atom stereocenters. The van der Waals surface area contributed by atoms with Gasteiger partial charge in [0.1, 0.15) is 5.82 Å². The number of rotatable bonds is 5. The van der Waals surface area contributed by atoms with Crippen molar-refractivity contribution in [3.05, 3.63) is 52.5 Å². The van der Waals surface area contributed by atoms with Crippen LogP contribution in [0.5, 0.6) is 0 Å². The van der Waals surface area contributed by atoms with Gasteiger partial charge in [0.15, 0.2) is 0 Å². The van der Waals surface area contributed by atoms with Gasteiger partial charge in [0.25, 0.3) is 0 Å². The van der Waals surface area contributed by atoms with Crippen molar-refractivity contribution in [1.82, 2.24) is 9.97 Å². The van der Waals surface area contributed by atoms with Crippen molar-refractivity contribution >= 4 is 51.6 Å². The zero-order chi connectivity index (χ0) is 17.1. The smallest absolute Gasteiger partial charge is 0.229 e. The summed E-state index contributed by atoms with van der Waals surface area (Å²) in [6.45, 7) is 5.98. The van der Waals surface area contributed by atoms with E-state index in [2.05, 4.69) is 29.0 Å². The van der Waals surface area contributed by atoms with Crippen LogP contribution in [0.4, 0.5) is 17.5 Å². The number of para-hydroxylation sites is 1. The van der Waals surface area contributed by atoms with Crippen molar-refractivity contribution in [2.24, 2.45) is 0 Å². The van der Waals surface area contributed by atoms with E-state index in [-0.39, 0.29) is 0 Å². The normalized spacial score (nSPS) is 10.8. The van der Waals surface area contributed by atoms with Crippen LogP contribution in [0.25, 0.3) is 10.9 Å². The van der Waals surface area contributed by atoms with Gasteiger partial charge in [0.2, 0.25) is 5.95 Å². The lowest BCUT2D eigenvalue weighted by Crippen LogP contribution is -2.23. The third kappa shape index (κ3) is 3.40. The second-order valence-electron chi connectivity index (χ2n) is 5.31. The van der Waals surface area contributed by atoms with Gasteiger partial charge in [-0.05, 0) is 44.2 Å². The van der Waals surface area contributed by atoms with E-state index in [4.69, 9.17) is 28.2 Å². The number of hydrogen-bond acceptors (Lipinski definition) is 4. The number of halogens is 2. The fourth-order valence-corrected chi connectivity index (χ4v) is 3.05. The summed E-state index contributed by atoms with van der Waals surface area (Å²) in [5.74, 6) is 1.43. The lowest BCUT2D eigenvalue weighted by atomic mass is 10.2. The molecular formula is C18H18Cl2N4. The van der Waals surface area contributed by atoms with E-state index in [1.165, 1.54) is 0 Å². The number of benzene rings is 2. The van der Waals surface area contributed by atoms with Gasteiger partial charge < -0.3 is 10.2 Å². The van der Waals surface area contributed by atoms with Gasteiger partial charge in [-0.2, -0.15) is 4.98 Å². The highest BCUT2D eigenvalue weighted by atomic mass is 35.5. The first-order valence-corrected chi connectivity index (χ1v) is 8.61. The van der Waals surface area contributed by atoms with Crippen molar-refractivity contribution in [2.45, 2.75) is 13.8 Å². The molecule has 0 aliphatic heterocycles. The molecule has 0 saturated heterocycles. The molecule has 0 radical (unpaired) electrons. The van der Waals surface area contributed by atoms with E-state index in [9.17, 15) is 0 Å². The molecule has 0 saturated carbocycles. The Hall–Kier alpha value is -2.04. The minimum atomic E-state index is 0.514. The van der Waals surface area contributed by atoms with Crippen LogP contribution >= 0.6 is 23.2 Å². The Labute approximate surface area is 151 Å². The predicted molar refractivity (Wildman–Crippen MR) is 103 cm³/mol. The summed E-state index contributed by atoms with van der Waals surface area (Å²) in [5, 5.41) is 5.35. The van der Waals surface area contributed by atoms with Crippen LogP contribution in [0.15, 0.2) is 42.5 Å². The number of fused-ring (bicyclic) bond motifs is 1. The largest absolute Gasteiger partial charge is 0.356 e.